The molecule has 0 spiro atoms. The molecular formula is C47H34N2S. The first-order chi connectivity index (χ1) is 24.7. The van der Waals surface area contributed by atoms with Crippen molar-refractivity contribution in [1.29, 1.82) is 0 Å². The molecule has 0 saturated carbocycles. The number of thiophene rings is 1. The average Bonchev–Trinajstić information content (AvgIpc) is 3.71. The highest BCUT2D eigenvalue weighted by atomic mass is 32.1. The summed E-state index contributed by atoms with van der Waals surface area (Å²) in [5, 5.41) is 1.29. The number of aromatic nitrogens is 1. The summed E-state index contributed by atoms with van der Waals surface area (Å²) in [5.74, 6) is 0. The van der Waals surface area contributed by atoms with Gasteiger partial charge in [0.25, 0.3) is 0 Å². The van der Waals surface area contributed by atoms with Crippen molar-refractivity contribution in [3.63, 3.8) is 0 Å². The molecule has 2 aromatic heterocycles. The molecule has 0 bridgehead atoms. The van der Waals surface area contributed by atoms with Gasteiger partial charge in [-0.25, -0.2) is 0 Å². The third-order valence-electron chi connectivity index (χ3n) is 9.50. The first-order valence-corrected chi connectivity index (χ1v) is 17.8. The minimum absolute atomic E-state index is 1.11. The molecule has 0 saturated heterocycles. The van der Waals surface area contributed by atoms with Crippen LogP contribution in [-0.4, -0.2) is 4.57 Å². The normalized spacial score (nSPS) is 11.3. The number of rotatable bonds is 7. The summed E-state index contributed by atoms with van der Waals surface area (Å²) >= 11 is 1.87. The van der Waals surface area contributed by atoms with E-state index < -0.39 is 0 Å². The molecule has 50 heavy (non-hydrogen) atoms. The zero-order valence-corrected chi connectivity index (χ0v) is 28.5. The summed E-state index contributed by atoms with van der Waals surface area (Å²) in [6.45, 7) is 2.20. The van der Waals surface area contributed by atoms with Crippen LogP contribution in [0.2, 0.25) is 0 Å². The zero-order chi connectivity index (χ0) is 33.4. The van der Waals surface area contributed by atoms with Gasteiger partial charge in [0, 0.05) is 33.0 Å². The molecular weight excluding hydrogens is 625 g/mol. The van der Waals surface area contributed by atoms with Crippen molar-refractivity contribution in [3.05, 3.63) is 193 Å². The molecule has 0 aliphatic rings. The maximum atomic E-state index is 2.39. The number of para-hydroxylation sites is 1. The van der Waals surface area contributed by atoms with Crippen molar-refractivity contribution in [3.8, 4) is 39.1 Å². The second-order valence-electron chi connectivity index (χ2n) is 12.7. The van der Waals surface area contributed by atoms with Crippen molar-refractivity contribution < 1.29 is 0 Å². The minimum atomic E-state index is 1.11. The maximum absolute atomic E-state index is 2.39. The molecule has 0 aliphatic heterocycles. The number of hydrogen-bond donors (Lipinski definition) is 0. The van der Waals surface area contributed by atoms with Gasteiger partial charge in [-0.2, -0.15) is 0 Å². The lowest BCUT2D eigenvalue weighted by Crippen LogP contribution is -2.09. The van der Waals surface area contributed by atoms with E-state index in [1.807, 2.05) is 11.3 Å². The smallest absolute Gasteiger partial charge is 0.0651 e. The quantitative estimate of drug-likeness (QED) is 0.165. The standard InChI is InChI=1S/C47H34N2S/c1-33-31-46-47(50-33)44-32-39(23-30-45(44)49(46)40-15-9-4-10-16-40)38-21-28-43(29-22-38)48(41-24-17-36(18-25-41)34-11-5-2-6-12-34)42-26-19-37(20-27-42)35-13-7-3-8-14-35/h2-32H,1H3. The van der Waals surface area contributed by atoms with Crippen molar-refractivity contribution in [2.45, 2.75) is 6.92 Å². The van der Waals surface area contributed by atoms with Gasteiger partial charge >= 0.3 is 0 Å². The monoisotopic (exact) mass is 658 g/mol. The van der Waals surface area contributed by atoms with Crippen molar-refractivity contribution in [1.82, 2.24) is 4.57 Å². The Morgan fingerprint density at radius 3 is 1.32 bits per heavy atom. The van der Waals surface area contributed by atoms with Gasteiger partial charge in [0.15, 0.2) is 0 Å². The third-order valence-corrected chi connectivity index (χ3v) is 10.6. The Labute approximate surface area is 296 Å². The molecule has 7 aromatic carbocycles. The fraction of sp³-hybridized carbons (Fsp3) is 0.0213. The molecule has 9 rings (SSSR count). The number of benzene rings is 7. The molecule has 0 atom stereocenters. The second kappa shape index (κ2) is 12.7. The molecule has 0 N–H and O–H groups in total. The molecule has 0 aliphatic carbocycles. The third kappa shape index (κ3) is 5.48. The highest BCUT2D eigenvalue weighted by Crippen LogP contribution is 2.41. The Bertz CT molecular complexity index is 2460. The van der Waals surface area contributed by atoms with E-state index >= 15 is 0 Å². The molecule has 238 valence electrons. The van der Waals surface area contributed by atoms with Gasteiger partial charge in [-0.3, -0.25) is 0 Å². The minimum Gasteiger partial charge on any atom is -0.311 e. The zero-order valence-electron chi connectivity index (χ0n) is 27.7. The molecule has 0 fully saturated rings. The van der Waals surface area contributed by atoms with E-state index in [9.17, 15) is 0 Å². The van der Waals surface area contributed by atoms with Crippen LogP contribution in [-0.2, 0) is 0 Å². The number of nitrogens with zero attached hydrogens (tertiary/aromatic N) is 2. The molecule has 3 heteroatoms. The Hall–Kier alpha value is -6.16. The lowest BCUT2D eigenvalue weighted by Gasteiger charge is -2.26. The van der Waals surface area contributed by atoms with Crippen LogP contribution >= 0.6 is 11.3 Å². The first kappa shape index (κ1) is 29.9. The summed E-state index contributed by atoms with van der Waals surface area (Å²) in [7, 11) is 0. The molecule has 2 nitrogen and oxygen atoms in total. The lowest BCUT2D eigenvalue weighted by molar-refractivity contribution is 1.18. The van der Waals surface area contributed by atoms with E-state index in [-0.39, 0.29) is 0 Å². The van der Waals surface area contributed by atoms with Crippen LogP contribution in [0.4, 0.5) is 17.1 Å². The highest BCUT2D eigenvalue weighted by Gasteiger charge is 2.17. The predicted molar refractivity (Wildman–Crippen MR) is 214 cm³/mol. The predicted octanol–water partition coefficient (Wildman–Crippen LogP) is 13.6. The fourth-order valence-corrected chi connectivity index (χ4v) is 8.08. The number of fused-ring (bicyclic) bond motifs is 3. The van der Waals surface area contributed by atoms with Crippen LogP contribution in [0.1, 0.15) is 4.88 Å². The Balaban J connectivity index is 1.10. The Morgan fingerprint density at radius 1 is 0.400 bits per heavy atom. The van der Waals surface area contributed by atoms with E-state index in [1.54, 1.807) is 0 Å². The average molecular weight is 659 g/mol. The van der Waals surface area contributed by atoms with Crippen molar-refractivity contribution >= 4 is 49.5 Å². The van der Waals surface area contributed by atoms with Gasteiger partial charge in [-0.05, 0) is 107 Å². The van der Waals surface area contributed by atoms with Gasteiger partial charge in [0.1, 0.15) is 0 Å². The number of hydrogen-bond acceptors (Lipinski definition) is 2. The molecule has 2 heterocycles. The topological polar surface area (TPSA) is 8.17 Å². The van der Waals surface area contributed by atoms with Crippen molar-refractivity contribution in [2.24, 2.45) is 0 Å². The fourth-order valence-electron chi connectivity index (χ4n) is 7.05. The van der Waals surface area contributed by atoms with Gasteiger partial charge in [-0.1, -0.05) is 121 Å². The maximum Gasteiger partial charge on any atom is 0.0651 e. The van der Waals surface area contributed by atoms with E-state index in [1.165, 1.54) is 65.1 Å². The van der Waals surface area contributed by atoms with E-state index in [0.717, 1.165) is 17.1 Å². The van der Waals surface area contributed by atoms with Gasteiger partial charge in [0.05, 0.1) is 15.7 Å². The van der Waals surface area contributed by atoms with Crippen LogP contribution in [0.25, 0.3) is 60.2 Å². The molecule has 0 radical (unpaired) electrons. The summed E-state index contributed by atoms with van der Waals surface area (Å²) in [4.78, 5) is 3.67. The Kier molecular flexibility index (Phi) is 7.61. The van der Waals surface area contributed by atoms with Crippen LogP contribution in [0.15, 0.2) is 188 Å². The summed E-state index contributed by atoms with van der Waals surface area (Å²) in [6, 6.07) is 67.8. The number of aryl methyl sites for hydroxylation is 1. The lowest BCUT2D eigenvalue weighted by atomic mass is 10.0. The molecule has 0 unspecified atom stereocenters. The summed E-state index contributed by atoms with van der Waals surface area (Å²) in [6.07, 6.45) is 0. The van der Waals surface area contributed by atoms with Crippen LogP contribution in [0, 0.1) is 6.92 Å². The molecule has 0 amide bonds. The van der Waals surface area contributed by atoms with Gasteiger partial charge in [0.2, 0.25) is 0 Å². The molecule has 9 aromatic rings. The second-order valence-corrected chi connectivity index (χ2v) is 13.9. The SMILES string of the molecule is Cc1cc2c(s1)c1cc(-c3ccc(N(c4ccc(-c5ccccc5)cc4)c4ccc(-c5ccccc5)cc4)cc3)ccc1n2-c1ccccc1. The highest BCUT2D eigenvalue weighted by molar-refractivity contribution is 7.20. The largest absolute Gasteiger partial charge is 0.311 e. The van der Waals surface area contributed by atoms with Crippen molar-refractivity contribution in [2.75, 3.05) is 4.90 Å². The van der Waals surface area contributed by atoms with Crippen LogP contribution in [0.3, 0.4) is 0 Å². The van der Waals surface area contributed by atoms with Gasteiger partial charge < -0.3 is 9.47 Å². The number of anilines is 3. The Morgan fingerprint density at radius 2 is 0.820 bits per heavy atom. The van der Waals surface area contributed by atoms with Crippen LogP contribution < -0.4 is 4.90 Å². The van der Waals surface area contributed by atoms with E-state index in [4.69, 9.17) is 0 Å². The van der Waals surface area contributed by atoms with E-state index in [2.05, 4.69) is 204 Å². The first-order valence-electron chi connectivity index (χ1n) is 17.0. The summed E-state index contributed by atoms with van der Waals surface area (Å²) < 4.78 is 3.73. The van der Waals surface area contributed by atoms with Crippen LogP contribution in [0.5, 0.6) is 0 Å². The van der Waals surface area contributed by atoms with Gasteiger partial charge in [-0.15, -0.1) is 11.3 Å². The summed E-state index contributed by atoms with van der Waals surface area (Å²) in [5.41, 5.74) is 14.3. The van der Waals surface area contributed by atoms with E-state index in [0.29, 0.717) is 0 Å².